The second kappa shape index (κ2) is 12.4. The Balaban J connectivity index is 1.20. The van der Waals surface area contributed by atoms with Crippen LogP contribution in [0, 0.1) is 25.5 Å². The highest BCUT2D eigenvalue weighted by molar-refractivity contribution is 7.93. The minimum Gasteiger partial charge on any atom is -0.433 e. The van der Waals surface area contributed by atoms with E-state index < -0.39 is 44.9 Å². The number of ketones is 1. The highest BCUT2D eigenvalue weighted by Gasteiger charge is 2.25. The van der Waals surface area contributed by atoms with E-state index in [9.17, 15) is 26.8 Å². The standard InChI is InChI=1S/C31H29F2N7O6S/c1-17-10-19-12-25(37-24(19)13-23(17)38-47(43,44)16-28(41)39-6-8-45-9-7-39)29(42)20-14-36-40(31(20)34)26-15-35-27(11-18(26)2)46-30-21(32)4-3-5-22(30)33/h3-5,10-15,37-38H,6-9,16,34H2,1-2H3. The molecule has 0 radical (unpaired) electrons. The molecule has 1 saturated heterocycles. The Bertz CT molecular complexity index is 2120. The largest absolute Gasteiger partial charge is 0.433 e. The fourth-order valence-corrected chi connectivity index (χ4v) is 6.29. The van der Waals surface area contributed by atoms with Gasteiger partial charge in [-0.05, 0) is 55.3 Å². The number of pyridine rings is 1. The first-order chi connectivity index (χ1) is 22.4. The second-order valence-corrected chi connectivity index (χ2v) is 12.7. The van der Waals surface area contributed by atoms with Crippen LogP contribution in [0.5, 0.6) is 11.6 Å². The summed E-state index contributed by atoms with van der Waals surface area (Å²) in [5.74, 6) is -4.09. The smallest absolute Gasteiger partial charge is 0.241 e. The Morgan fingerprint density at radius 2 is 1.79 bits per heavy atom. The third kappa shape index (κ3) is 6.50. The minimum absolute atomic E-state index is 0.0157. The number of fused-ring (bicyclic) bond motifs is 1. The topological polar surface area (TPSA) is 175 Å². The van der Waals surface area contributed by atoms with Gasteiger partial charge in [-0.1, -0.05) is 6.07 Å². The lowest BCUT2D eigenvalue weighted by Crippen LogP contribution is -2.44. The van der Waals surface area contributed by atoms with Crippen molar-refractivity contribution >= 4 is 44.1 Å². The number of rotatable bonds is 9. The van der Waals surface area contributed by atoms with Crippen molar-refractivity contribution in [2.75, 3.05) is 42.5 Å². The Labute approximate surface area is 267 Å². The molecule has 4 heterocycles. The number of aromatic amines is 1. The highest BCUT2D eigenvalue weighted by Crippen LogP contribution is 2.30. The molecule has 0 saturated carbocycles. The van der Waals surface area contributed by atoms with Crippen molar-refractivity contribution in [3.63, 3.8) is 0 Å². The predicted octanol–water partition coefficient (Wildman–Crippen LogP) is 3.85. The average Bonchev–Trinajstić information content (AvgIpc) is 3.62. The van der Waals surface area contributed by atoms with Gasteiger partial charge in [0.05, 0.1) is 48.2 Å². The SMILES string of the molecule is Cc1cc2cc(C(=O)c3cnn(-c4cnc(Oc5c(F)cccc5F)cc4C)c3N)[nH]c2cc1NS(=O)(=O)CC(=O)N1CCOCC1. The van der Waals surface area contributed by atoms with Crippen molar-refractivity contribution in [3.05, 3.63) is 88.9 Å². The van der Waals surface area contributed by atoms with Crippen LogP contribution < -0.4 is 15.2 Å². The van der Waals surface area contributed by atoms with Crippen LogP contribution in [0.1, 0.15) is 27.2 Å². The fourth-order valence-electron chi connectivity index (χ4n) is 5.15. The number of sulfonamides is 1. The first-order valence-corrected chi connectivity index (χ1v) is 16.0. The number of aryl methyl sites for hydroxylation is 2. The van der Waals surface area contributed by atoms with Crippen molar-refractivity contribution in [3.8, 4) is 17.3 Å². The van der Waals surface area contributed by atoms with Gasteiger partial charge in [-0.25, -0.2) is 26.9 Å². The van der Waals surface area contributed by atoms with E-state index in [-0.39, 0.29) is 28.6 Å². The molecule has 1 fully saturated rings. The zero-order valence-electron chi connectivity index (χ0n) is 25.2. The summed E-state index contributed by atoms with van der Waals surface area (Å²) in [6.07, 6.45) is 2.65. The summed E-state index contributed by atoms with van der Waals surface area (Å²) in [4.78, 5) is 34.6. The van der Waals surface area contributed by atoms with Crippen molar-refractivity contribution < 1.29 is 36.3 Å². The van der Waals surface area contributed by atoms with Gasteiger partial charge in [0.2, 0.25) is 33.3 Å². The number of carbonyl (C=O) groups excluding carboxylic acids is 2. The molecular weight excluding hydrogens is 636 g/mol. The van der Waals surface area contributed by atoms with Crippen LogP contribution in [0.4, 0.5) is 20.3 Å². The summed E-state index contributed by atoms with van der Waals surface area (Å²) >= 11 is 0. The van der Waals surface area contributed by atoms with Crippen LogP contribution in [0.3, 0.4) is 0 Å². The van der Waals surface area contributed by atoms with Gasteiger partial charge in [0, 0.05) is 30.1 Å². The molecule has 2 aromatic carbocycles. The monoisotopic (exact) mass is 665 g/mol. The normalized spacial score (nSPS) is 13.6. The number of aromatic nitrogens is 4. The first-order valence-electron chi connectivity index (χ1n) is 14.4. The molecule has 0 atom stereocenters. The van der Waals surface area contributed by atoms with E-state index in [0.717, 1.165) is 12.1 Å². The van der Waals surface area contributed by atoms with Gasteiger partial charge in [-0.15, -0.1) is 0 Å². The van der Waals surface area contributed by atoms with Gasteiger partial charge in [-0.3, -0.25) is 14.3 Å². The molecule has 16 heteroatoms. The van der Waals surface area contributed by atoms with E-state index in [1.165, 1.54) is 34.1 Å². The maximum Gasteiger partial charge on any atom is 0.241 e. The molecule has 0 spiro atoms. The molecule has 244 valence electrons. The Kier molecular flexibility index (Phi) is 8.38. The van der Waals surface area contributed by atoms with E-state index in [2.05, 4.69) is 19.8 Å². The van der Waals surface area contributed by atoms with Gasteiger partial charge >= 0.3 is 0 Å². The minimum atomic E-state index is -4.02. The maximum absolute atomic E-state index is 14.0. The lowest BCUT2D eigenvalue weighted by Gasteiger charge is -2.26. The van der Waals surface area contributed by atoms with E-state index in [1.54, 1.807) is 32.0 Å². The number of halogens is 2. The molecular formula is C31H29F2N7O6S. The third-order valence-corrected chi connectivity index (χ3v) is 8.77. The summed E-state index contributed by atoms with van der Waals surface area (Å²) in [6, 6.07) is 9.68. The first kappa shape index (κ1) is 31.6. The predicted molar refractivity (Wildman–Crippen MR) is 168 cm³/mol. The zero-order valence-corrected chi connectivity index (χ0v) is 26.0. The number of nitrogens with zero attached hydrogens (tertiary/aromatic N) is 4. The lowest BCUT2D eigenvalue weighted by molar-refractivity contribution is -0.132. The Morgan fingerprint density at radius 1 is 1.06 bits per heavy atom. The van der Waals surface area contributed by atoms with Crippen molar-refractivity contribution in [2.24, 2.45) is 0 Å². The molecule has 0 unspecified atom stereocenters. The van der Waals surface area contributed by atoms with E-state index in [4.69, 9.17) is 15.2 Å². The number of amides is 1. The van der Waals surface area contributed by atoms with Crippen LogP contribution >= 0.6 is 0 Å². The molecule has 6 rings (SSSR count). The van der Waals surface area contributed by atoms with Crippen LogP contribution in [-0.2, 0) is 19.6 Å². The summed E-state index contributed by atoms with van der Waals surface area (Å²) < 4.78 is 68.0. The van der Waals surface area contributed by atoms with E-state index in [0.29, 0.717) is 54.0 Å². The molecule has 5 aromatic rings. The van der Waals surface area contributed by atoms with Crippen LogP contribution in [0.15, 0.2) is 54.9 Å². The van der Waals surface area contributed by atoms with Crippen molar-refractivity contribution in [2.45, 2.75) is 13.8 Å². The lowest BCUT2D eigenvalue weighted by atomic mass is 10.1. The molecule has 3 aromatic heterocycles. The highest BCUT2D eigenvalue weighted by atomic mass is 32.2. The molecule has 1 amide bonds. The molecule has 1 aliphatic rings. The summed E-state index contributed by atoms with van der Waals surface area (Å²) in [5.41, 5.74) is 8.87. The van der Waals surface area contributed by atoms with E-state index >= 15 is 0 Å². The number of hydrogen-bond acceptors (Lipinski definition) is 9. The molecule has 1 aliphatic heterocycles. The second-order valence-electron chi connectivity index (χ2n) is 10.9. The fraction of sp³-hybridized carbons (Fsp3) is 0.226. The summed E-state index contributed by atoms with van der Waals surface area (Å²) in [5, 5.41) is 4.90. The number of anilines is 2. The number of H-pyrrole nitrogens is 1. The maximum atomic E-state index is 14.0. The number of hydrogen-bond donors (Lipinski definition) is 3. The average molecular weight is 666 g/mol. The molecule has 47 heavy (non-hydrogen) atoms. The number of benzene rings is 2. The molecule has 4 N–H and O–H groups in total. The number of nitrogen functional groups attached to an aromatic ring is 1. The van der Waals surface area contributed by atoms with Crippen molar-refractivity contribution in [1.29, 1.82) is 0 Å². The Hall–Kier alpha value is -5.35. The van der Waals surface area contributed by atoms with Crippen LogP contribution in [-0.4, -0.2) is 76.8 Å². The number of morpholine rings is 1. The van der Waals surface area contributed by atoms with Crippen LogP contribution in [0.2, 0.25) is 0 Å². The molecule has 13 nitrogen and oxygen atoms in total. The third-order valence-electron chi connectivity index (χ3n) is 7.62. The summed E-state index contributed by atoms with van der Waals surface area (Å²) in [7, 11) is -4.02. The van der Waals surface area contributed by atoms with Crippen LogP contribution in [0.25, 0.3) is 16.6 Å². The van der Waals surface area contributed by atoms with Gasteiger partial charge in [-0.2, -0.15) is 5.10 Å². The van der Waals surface area contributed by atoms with Gasteiger partial charge in [0.25, 0.3) is 0 Å². The van der Waals surface area contributed by atoms with E-state index in [1.807, 2.05) is 0 Å². The molecule has 0 aliphatic carbocycles. The number of carbonyl (C=O) groups is 2. The van der Waals surface area contributed by atoms with Gasteiger partial charge in [0.15, 0.2) is 11.6 Å². The number of para-hydroxylation sites is 1. The Morgan fingerprint density at radius 3 is 2.49 bits per heavy atom. The number of ether oxygens (including phenoxy) is 2. The summed E-state index contributed by atoms with van der Waals surface area (Å²) in [6.45, 7) is 4.77. The number of nitrogens with one attached hydrogen (secondary N) is 2. The molecule has 0 bridgehead atoms. The van der Waals surface area contributed by atoms with Crippen molar-refractivity contribution in [1.82, 2.24) is 24.6 Å². The van der Waals surface area contributed by atoms with Gasteiger partial charge in [0.1, 0.15) is 11.6 Å². The quantitative estimate of drug-likeness (QED) is 0.198. The zero-order chi connectivity index (χ0) is 33.5. The van der Waals surface area contributed by atoms with Gasteiger partial charge < -0.3 is 25.1 Å². The number of nitrogens with two attached hydrogens (primary N) is 1.